The molecule has 0 atom stereocenters. The summed E-state index contributed by atoms with van der Waals surface area (Å²) in [7, 11) is 0. The fraction of sp³-hybridized carbons (Fsp3) is 0.938. The first-order valence-electron chi connectivity index (χ1n) is 24.9. The van der Waals surface area contributed by atoms with Crippen molar-refractivity contribution in [1.82, 2.24) is 9.80 Å². The highest BCUT2D eigenvalue weighted by atomic mass is 16.7. The van der Waals surface area contributed by atoms with E-state index in [1.54, 1.807) is 0 Å². The fourth-order valence-electron chi connectivity index (χ4n) is 7.01. The van der Waals surface area contributed by atoms with E-state index in [0.717, 1.165) is 225 Å². The zero-order valence-electron chi connectivity index (χ0n) is 39.2. The molecule has 1 N–H and O–H groups in total. The smallest absolute Gasteiger partial charge is 0.434 e. The van der Waals surface area contributed by atoms with Gasteiger partial charge in [0.15, 0.2) is 0 Å². The van der Waals surface area contributed by atoms with E-state index in [-0.39, 0.29) is 6.61 Å². The van der Waals surface area contributed by atoms with Crippen LogP contribution in [0, 0.1) is 0 Å². The molecule has 0 aliphatic rings. The molecule has 0 unspecified atom stereocenters. The van der Waals surface area contributed by atoms with Crippen LogP contribution in [0.15, 0.2) is 0 Å². The molecular weight excluding hydrogens is 765 g/mol. The third-order valence-electron chi connectivity index (χ3n) is 10.8. The summed E-state index contributed by atoms with van der Waals surface area (Å²) in [5.74, 6) is 0. The Hall–Kier alpha value is -2.31. The highest BCUT2D eigenvalue weighted by Crippen LogP contribution is 2.11. The molecule has 12 nitrogen and oxygen atoms in total. The lowest BCUT2D eigenvalue weighted by Crippen LogP contribution is -2.32. The molecule has 356 valence electrons. The molecular formula is C48H94N2O10. The molecule has 0 aromatic carbocycles. The van der Waals surface area contributed by atoms with Gasteiger partial charge < -0.3 is 43.3 Å². The van der Waals surface area contributed by atoms with E-state index < -0.39 is 18.5 Å². The van der Waals surface area contributed by atoms with Crippen LogP contribution in [0.3, 0.4) is 0 Å². The monoisotopic (exact) mass is 859 g/mol. The lowest BCUT2D eigenvalue weighted by atomic mass is 10.1. The Morgan fingerprint density at radius 2 is 0.517 bits per heavy atom. The molecule has 0 spiro atoms. The van der Waals surface area contributed by atoms with Gasteiger partial charge in [0.05, 0.1) is 39.6 Å². The minimum absolute atomic E-state index is 0.267. The van der Waals surface area contributed by atoms with E-state index in [1.165, 1.54) is 0 Å². The summed E-state index contributed by atoms with van der Waals surface area (Å²) in [6, 6.07) is 0. The number of hydrogen-bond donors (Lipinski definition) is 1. The lowest BCUT2D eigenvalue weighted by Gasteiger charge is -2.26. The molecule has 0 amide bonds. The highest BCUT2D eigenvalue weighted by molar-refractivity contribution is 5.60. The molecule has 60 heavy (non-hydrogen) atoms. The molecule has 0 aromatic rings. The zero-order chi connectivity index (χ0) is 43.8. The second kappa shape index (κ2) is 47.7. The van der Waals surface area contributed by atoms with Crippen LogP contribution in [-0.4, -0.2) is 119 Å². The number of aliphatic hydroxyl groups is 1. The molecule has 0 radical (unpaired) electrons. The molecule has 0 aliphatic heterocycles. The van der Waals surface area contributed by atoms with Crippen molar-refractivity contribution in [2.45, 2.75) is 207 Å². The average molecular weight is 859 g/mol. The van der Waals surface area contributed by atoms with Gasteiger partial charge in [-0.15, -0.1) is 0 Å². The average Bonchev–Trinajstić information content (AvgIpc) is 3.24. The summed E-state index contributed by atoms with van der Waals surface area (Å²) in [5, 5.41) is 9.21. The minimum Gasteiger partial charge on any atom is -0.434 e. The highest BCUT2D eigenvalue weighted by Gasteiger charge is 2.11. The molecule has 12 heteroatoms. The Balaban J connectivity index is 4.71. The minimum atomic E-state index is -0.543. The Bertz CT molecular complexity index is 888. The van der Waals surface area contributed by atoms with Gasteiger partial charge in [0.1, 0.15) is 0 Å². The van der Waals surface area contributed by atoms with E-state index in [1.807, 2.05) is 0 Å². The molecule has 0 saturated heterocycles. The van der Waals surface area contributed by atoms with Crippen molar-refractivity contribution in [3.05, 3.63) is 0 Å². The second-order valence-electron chi connectivity index (χ2n) is 16.4. The topological polar surface area (TPSA) is 133 Å². The summed E-state index contributed by atoms with van der Waals surface area (Å²) in [5.41, 5.74) is 0. The second-order valence-corrected chi connectivity index (χ2v) is 16.4. The van der Waals surface area contributed by atoms with Crippen LogP contribution in [0.4, 0.5) is 14.4 Å². The Kier molecular flexibility index (Phi) is 45.9. The van der Waals surface area contributed by atoms with Gasteiger partial charge in [-0.25, -0.2) is 14.4 Å². The third kappa shape index (κ3) is 43.8. The Morgan fingerprint density at radius 1 is 0.300 bits per heavy atom. The maximum Gasteiger partial charge on any atom is 0.508 e. The number of aliphatic hydroxyl groups excluding tert-OH is 1. The summed E-state index contributed by atoms with van der Waals surface area (Å²) in [4.78, 5) is 40.8. The number of nitrogens with zero attached hydrogens (tertiary/aromatic N) is 2. The molecule has 0 fully saturated rings. The van der Waals surface area contributed by atoms with Gasteiger partial charge in [-0.2, -0.15) is 0 Å². The van der Waals surface area contributed by atoms with Crippen molar-refractivity contribution in [3.8, 4) is 0 Å². The maximum absolute atomic E-state index is 11.9. The predicted octanol–water partition coefficient (Wildman–Crippen LogP) is 12.4. The largest absolute Gasteiger partial charge is 0.508 e. The van der Waals surface area contributed by atoms with Crippen LogP contribution in [-0.2, 0) is 28.4 Å². The molecule has 0 aliphatic carbocycles. The van der Waals surface area contributed by atoms with Gasteiger partial charge >= 0.3 is 18.5 Å². The third-order valence-corrected chi connectivity index (χ3v) is 10.8. The SMILES string of the molecule is CCCCCCOC(=O)OCCCCCCN(CCCCCCO)CCCN(CCCCCCOC(=O)OCCCCCC)CCCCCCOC(=O)OCCCCCC. The van der Waals surface area contributed by atoms with Gasteiger partial charge in [-0.3, -0.25) is 0 Å². The van der Waals surface area contributed by atoms with Crippen molar-refractivity contribution < 1.29 is 47.9 Å². The van der Waals surface area contributed by atoms with Crippen LogP contribution in [0.2, 0.25) is 0 Å². The van der Waals surface area contributed by atoms with E-state index in [4.69, 9.17) is 28.4 Å². The Labute approximate surface area is 367 Å². The van der Waals surface area contributed by atoms with Crippen LogP contribution in [0.5, 0.6) is 0 Å². The standard InChI is InChI=1S/C48H94N2O10/c1-4-7-10-26-40-55-46(52)58-43-29-18-14-22-34-49(33-21-13-17-25-39-51)37-32-38-50(35-23-15-19-30-44-59-47(53)56-41-27-11-8-5-2)36-24-16-20-31-45-60-48(54)57-42-28-12-9-6-3/h51H,4-45H2,1-3H3. The van der Waals surface area contributed by atoms with Gasteiger partial charge in [0.2, 0.25) is 0 Å². The summed E-state index contributed by atoms with van der Waals surface area (Å²) >= 11 is 0. The van der Waals surface area contributed by atoms with Gasteiger partial charge in [-0.05, 0) is 116 Å². The van der Waals surface area contributed by atoms with E-state index in [9.17, 15) is 19.5 Å². The van der Waals surface area contributed by atoms with Crippen molar-refractivity contribution in [3.63, 3.8) is 0 Å². The first-order valence-corrected chi connectivity index (χ1v) is 24.9. The van der Waals surface area contributed by atoms with Crippen LogP contribution < -0.4 is 0 Å². The molecule has 0 saturated carbocycles. The number of ether oxygens (including phenoxy) is 6. The number of carbonyl (C=O) groups excluding carboxylic acids is 3. The summed E-state index contributed by atoms with van der Waals surface area (Å²) < 4.78 is 31.3. The zero-order valence-corrected chi connectivity index (χ0v) is 39.2. The quantitative estimate of drug-likeness (QED) is 0.0355. The van der Waals surface area contributed by atoms with Crippen molar-refractivity contribution in [2.75, 3.05) is 85.5 Å². The lowest BCUT2D eigenvalue weighted by molar-refractivity contribution is 0.0519. The van der Waals surface area contributed by atoms with Crippen LogP contribution in [0.1, 0.15) is 207 Å². The van der Waals surface area contributed by atoms with Crippen molar-refractivity contribution in [2.24, 2.45) is 0 Å². The van der Waals surface area contributed by atoms with E-state index >= 15 is 0 Å². The molecule has 0 aromatic heterocycles. The first kappa shape index (κ1) is 57.7. The van der Waals surface area contributed by atoms with Gasteiger partial charge in [-0.1, -0.05) is 130 Å². The normalized spacial score (nSPS) is 11.3. The van der Waals surface area contributed by atoms with E-state index in [2.05, 4.69) is 30.6 Å². The van der Waals surface area contributed by atoms with Crippen LogP contribution in [0.25, 0.3) is 0 Å². The fourth-order valence-corrected chi connectivity index (χ4v) is 7.01. The first-order chi connectivity index (χ1) is 29.5. The van der Waals surface area contributed by atoms with Crippen LogP contribution >= 0.6 is 0 Å². The van der Waals surface area contributed by atoms with Crippen molar-refractivity contribution >= 4 is 18.5 Å². The predicted molar refractivity (Wildman–Crippen MR) is 243 cm³/mol. The molecule has 0 rings (SSSR count). The number of carbonyl (C=O) groups is 3. The number of hydrogen-bond acceptors (Lipinski definition) is 12. The van der Waals surface area contributed by atoms with E-state index in [0.29, 0.717) is 39.6 Å². The summed E-state index contributed by atoms with van der Waals surface area (Å²) in [6.07, 6.45) is 28.9. The molecule has 0 bridgehead atoms. The number of rotatable bonds is 46. The van der Waals surface area contributed by atoms with Gasteiger partial charge in [0.25, 0.3) is 0 Å². The Morgan fingerprint density at radius 3 is 0.767 bits per heavy atom. The maximum atomic E-state index is 11.9. The molecule has 0 heterocycles. The summed E-state index contributed by atoms with van der Waals surface area (Å²) in [6.45, 7) is 15.7. The van der Waals surface area contributed by atoms with Gasteiger partial charge in [0, 0.05) is 6.61 Å². The number of unbranched alkanes of at least 4 members (excludes halogenated alkanes) is 21. The van der Waals surface area contributed by atoms with Crippen molar-refractivity contribution in [1.29, 1.82) is 0 Å².